The molecule has 0 bridgehead atoms. The second-order valence-electron chi connectivity index (χ2n) is 5.41. The Morgan fingerprint density at radius 1 is 1.04 bits per heavy atom. The summed E-state index contributed by atoms with van der Waals surface area (Å²) in [6.45, 7) is 0.584. The van der Waals surface area contributed by atoms with Crippen molar-refractivity contribution in [1.29, 1.82) is 0 Å². The smallest absolute Gasteiger partial charge is 0.237 e. The molecule has 9 heteroatoms. The van der Waals surface area contributed by atoms with Gasteiger partial charge in [0, 0.05) is 5.56 Å². The van der Waals surface area contributed by atoms with Gasteiger partial charge in [-0.15, -0.1) is 5.10 Å². The molecule has 0 aliphatic rings. The number of rotatable bonds is 6. The molecule has 2 heterocycles. The Hall–Kier alpha value is -3.07. The van der Waals surface area contributed by atoms with E-state index in [0.29, 0.717) is 34.7 Å². The van der Waals surface area contributed by atoms with Gasteiger partial charge >= 0.3 is 0 Å². The maximum absolute atomic E-state index is 13.0. The standard InChI is InChI=1S/C17H13FN6OS/c18-14-8-6-13(7-9-14)16-19-15(25-21-16)11-26-17-20-22-23-24(17)10-12-4-2-1-3-5-12/h1-9H,10-11H2. The maximum atomic E-state index is 13.0. The molecule has 0 N–H and O–H groups in total. The molecule has 130 valence electrons. The first-order chi connectivity index (χ1) is 12.8. The minimum Gasteiger partial charge on any atom is -0.338 e. The van der Waals surface area contributed by atoms with Gasteiger partial charge in [0.1, 0.15) is 5.82 Å². The van der Waals surface area contributed by atoms with E-state index in [4.69, 9.17) is 4.52 Å². The van der Waals surface area contributed by atoms with Crippen molar-refractivity contribution in [1.82, 2.24) is 30.3 Å². The number of thioether (sulfide) groups is 1. The number of nitrogens with zero attached hydrogens (tertiary/aromatic N) is 6. The van der Waals surface area contributed by atoms with Crippen molar-refractivity contribution in [3.8, 4) is 11.4 Å². The van der Waals surface area contributed by atoms with Gasteiger partial charge in [0.05, 0.1) is 12.3 Å². The highest BCUT2D eigenvalue weighted by molar-refractivity contribution is 7.98. The van der Waals surface area contributed by atoms with E-state index in [9.17, 15) is 4.39 Å². The van der Waals surface area contributed by atoms with Crippen LogP contribution >= 0.6 is 11.8 Å². The van der Waals surface area contributed by atoms with Gasteiger partial charge in [0.2, 0.25) is 16.9 Å². The molecule has 7 nitrogen and oxygen atoms in total. The molecule has 2 aromatic carbocycles. The fourth-order valence-electron chi connectivity index (χ4n) is 2.31. The second kappa shape index (κ2) is 7.44. The molecule has 0 spiro atoms. The summed E-state index contributed by atoms with van der Waals surface area (Å²) in [5.74, 6) is 0.995. The van der Waals surface area contributed by atoms with Crippen LogP contribution < -0.4 is 0 Å². The van der Waals surface area contributed by atoms with Crippen molar-refractivity contribution in [2.75, 3.05) is 0 Å². The number of hydrogen-bond acceptors (Lipinski definition) is 7. The lowest BCUT2D eigenvalue weighted by Gasteiger charge is -2.03. The minimum absolute atomic E-state index is 0.307. The number of halogens is 1. The van der Waals surface area contributed by atoms with E-state index in [1.54, 1.807) is 16.8 Å². The van der Waals surface area contributed by atoms with E-state index in [1.165, 1.54) is 23.9 Å². The van der Waals surface area contributed by atoms with Crippen molar-refractivity contribution >= 4 is 11.8 Å². The second-order valence-corrected chi connectivity index (χ2v) is 6.35. The molecule has 0 aliphatic heterocycles. The molecule has 0 amide bonds. The Labute approximate surface area is 152 Å². The van der Waals surface area contributed by atoms with Crippen LogP contribution in [0.15, 0.2) is 64.3 Å². The summed E-state index contributed by atoms with van der Waals surface area (Å²) in [4.78, 5) is 4.32. The number of hydrogen-bond donors (Lipinski definition) is 0. The molecule has 4 rings (SSSR count). The van der Waals surface area contributed by atoms with Gasteiger partial charge in [-0.2, -0.15) is 4.98 Å². The minimum atomic E-state index is -0.307. The Morgan fingerprint density at radius 2 is 1.85 bits per heavy atom. The summed E-state index contributed by atoms with van der Waals surface area (Å²) < 4.78 is 20.0. The van der Waals surface area contributed by atoms with E-state index in [0.717, 1.165) is 5.56 Å². The summed E-state index contributed by atoms with van der Waals surface area (Å²) in [7, 11) is 0. The van der Waals surface area contributed by atoms with Crippen LogP contribution in [0.3, 0.4) is 0 Å². The topological polar surface area (TPSA) is 82.5 Å². The van der Waals surface area contributed by atoms with Gasteiger partial charge in [-0.1, -0.05) is 47.3 Å². The quantitative estimate of drug-likeness (QED) is 0.483. The van der Waals surface area contributed by atoms with Crippen LogP contribution in [0.2, 0.25) is 0 Å². The predicted octanol–water partition coefficient (Wildman–Crippen LogP) is 3.20. The lowest BCUT2D eigenvalue weighted by Crippen LogP contribution is -2.03. The van der Waals surface area contributed by atoms with Gasteiger partial charge in [0.25, 0.3) is 0 Å². The van der Waals surface area contributed by atoms with Crippen LogP contribution in [-0.2, 0) is 12.3 Å². The molecule has 2 aromatic heterocycles. The normalized spacial score (nSPS) is 11.0. The van der Waals surface area contributed by atoms with E-state index in [2.05, 4.69) is 25.7 Å². The highest BCUT2D eigenvalue weighted by Gasteiger charge is 2.12. The Kier molecular flexibility index (Phi) is 4.69. The molecule has 0 atom stereocenters. The van der Waals surface area contributed by atoms with Crippen LogP contribution in [0.4, 0.5) is 4.39 Å². The number of aromatic nitrogens is 6. The first-order valence-corrected chi connectivity index (χ1v) is 8.78. The fourth-order valence-corrected chi connectivity index (χ4v) is 3.03. The zero-order valence-electron chi connectivity index (χ0n) is 13.5. The van der Waals surface area contributed by atoms with Crippen LogP contribution in [0, 0.1) is 5.82 Å². The highest BCUT2D eigenvalue weighted by Crippen LogP contribution is 2.22. The van der Waals surface area contributed by atoms with Crippen LogP contribution in [0.5, 0.6) is 0 Å². The summed E-state index contributed by atoms with van der Waals surface area (Å²) >= 11 is 1.41. The van der Waals surface area contributed by atoms with Gasteiger partial charge in [-0.3, -0.25) is 0 Å². The van der Waals surface area contributed by atoms with Gasteiger partial charge in [-0.05, 0) is 40.3 Å². The van der Waals surface area contributed by atoms with Crippen molar-refractivity contribution in [3.63, 3.8) is 0 Å². The SMILES string of the molecule is Fc1ccc(-c2noc(CSc3nnnn3Cc3ccccc3)n2)cc1. The largest absolute Gasteiger partial charge is 0.338 e. The first kappa shape index (κ1) is 16.4. The van der Waals surface area contributed by atoms with Gasteiger partial charge in [-0.25, -0.2) is 9.07 Å². The first-order valence-electron chi connectivity index (χ1n) is 7.79. The molecule has 0 radical (unpaired) electrons. The molecule has 0 saturated heterocycles. The summed E-state index contributed by atoms with van der Waals surface area (Å²) in [5.41, 5.74) is 1.80. The third-order valence-electron chi connectivity index (χ3n) is 3.57. The summed E-state index contributed by atoms with van der Waals surface area (Å²) in [6, 6.07) is 15.9. The van der Waals surface area contributed by atoms with E-state index >= 15 is 0 Å². The Morgan fingerprint density at radius 3 is 2.65 bits per heavy atom. The predicted molar refractivity (Wildman–Crippen MR) is 92.6 cm³/mol. The molecular formula is C17H13FN6OS. The summed E-state index contributed by atoms with van der Waals surface area (Å²) in [6.07, 6.45) is 0. The summed E-state index contributed by atoms with van der Waals surface area (Å²) in [5, 5.41) is 16.4. The van der Waals surface area contributed by atoms with Crippen molar-refractivity contribution in [3.05, 3.63) is 71.9 Å². The molecule has 4 aromatic rings. The number of benzene rings is 2. The maximum Gasteiger partial charge on any atom is 0.237 e. The van der Waals surface area contributed by atoms with Crippen LogP contribution in [0.1, 0.15) is 11.5 Å². The number of tetrazole rings is 1. The molecule has 26 heavy (non-hydrogen) atoms. The van der Waals surface area contributed by atoms with Crippen molar-refractivity contribution in [2.45, 2.75) is 17.5 Å². The van der Waals surface area contributed by atoms with E-state index in [-0.39, 0.29) is 5.82 Å². The lowest BCUT2D eigenvalue weighted by atomic mass is 10.2. The average Bonchev–Trinajstić information content (AvgIpc) is 3.31. The zero-order chi connectivity index (χ0) is 17.8. The van der Waals surface area contributed by atoms with E-state index < -0.39 is 0 Å². The van der Waals surface area contributed by atoms with Gasteiger partial charge in [0.15, 0.2) is 0 Å². The molecule has 0 fully saturated rings. The van der Waals surface area contributed by atoms with Crippen LogP contribution in [-0.4, -0.2) is 30.3 Å². The van der Waals surface area contributed by atoms with Crippen LogP contribution in [0.25, 0.3) is 11.4 Å². The fraction of sp³-hybridized carbons (Fsp3) is 0.118. The Balaban J connectivity index is 1.42. The van der Waals surface area contributed by atoms with Crippen molar-refractivity contribution < 1.29 is 8.91 Å². The Bertz CT molecular complexity index is 986. The zero-order valence-corrected chi connectivity index (χ0v) is 14.3. The molecule has 0 aliphatic carbocycles. The van der Waals surface area contributed by atoms with Crippen molar-refractivity contribution in [2.24, 2.45) is 0 Å². The third kappa shape index (κ3) is 3.77. The lowest BCUT2D eigenvalue weighted by molar-refractivity contribution is 0.391. The van der Waals surface area contributed by atoms with Gasteiger partial charge < -0.3 is 4.52 Å². The monoisotopic (exact) mass is 368 g/mol. The average molecular weight is 368 g/mol. The molecule has 0 unspecified atom stereocenters. The third-order valence-corrected chi connectivity index (χ3v) is 4.51. The highest BCUT2D eigenvalue weighted by atomic mass is 32.2. The van der Waals surface area contributed by atoms with E-state index in [1.807, 2.05) is 30.3 Å². The molecule has 0 saturated carbocycles. The molecular weight excluding hydrogens is 355 g/mol.